The number of piperidine rings is 1. The summed E-state index contributed by atoms with van der Waals surface area (Å²) in [6, 6.07) is 4.13. The smallest absolute Gasteiger partial charge is 0.122 e. The molecule has 1 unspecified atom stereocenters. The van der Waals surface area contributed by atoms with E-state index in [1.165, 1.54) is 12.8 Å². The van der Waals surface area contributed by atoms with Gasteiger partial charge in [-0.25, -0.2) is 0 Å². The minimum atomic E-state index is 0.206. The molecule has 0 spiro atoms. The van der Waals surface area contributed by atoms with Crippen LogP contribution in [0.2, 0.25) is 0 Å². The molecule has 1 aliphatic heterocycles. The van der Waals surface area contributed by atoms with E-state index in [1.54, 1.807) is 7.11 Å². The Bertz CT molecular complexity index is 464. The first-order chi connectivity index (χ1) is 9.10. The Morgan fingerprint density at radius 3 is 3.00 bits per heavy atom. The van der Waals surface area contributed by atoms with Crippen LogP contribution in [0.15, 0.2) is 12.1 Å². The van der Waals surface area contributed by atoms with Crippen molar-refractivity contribution in [3.8, 4) is 5.75 Å². The zero-order valence-electron chi connectivity index (χ0n) is 11.6. The normalized spacial score (nSPS) is 20.2. The SMILES string of the molecule is COc1cc(C)nc(CN2CCCCC2C(N)=S)c1. The highest BCUT2D eigenvalue weighted by Gasteiger charge is 2.24. The van der Waals surface area contributed by atoms with Gasteiger partial charge in [0.1, 0.15) is 5.75 Å². The average molecular weight is 279 g/mol. The number of rotatable bonds is 4. The molecule has 1 fully saturated rings. The third kappa shape index (κ3) is 3.64. The van der Waals surface area contributed by atoms with Gasteiger partial charge in [-0.05, 0) is 26.3 Å². The van der Waals surface area contributed by atoms with Gasteiger partial charge in [0.15, 0.2) is 0 Å². The third-order valence-corrected chi connectivity index (χ3v) is 3.79. The largest absolute Gasteiger partial charge is 0.497 e. The summed E-state index contributed by atoms with van der Waals surface area (Å²) < 4.78 is 5.29. The minimum Gasteiger partial charge on any atom is -0.497 e. The molecule has 0 amide bonds. The molecule has 19 heavy (non-hydrogen) atoms. The predicted molar refractivity (Wildman–Crippen MR) is 80.4 cm³/mol. The summed E-state index contributed by atoms with van der Waals surface area (Å²) in [6.45, 7) is 3.78. The lowest BCUT2D eigenvalue weighted by molar-refractivity contribution is 0.182. The zero-order valence-corrected chi connectivity index (χ0v) is 12.4. The van der Waals surface area contributed by atoms with Gasteiger partial charge in [0.2, 0.25) is 0 Å². The quantitative estimate of drug-likeness (QED) is 0.855. The molecule has 4 nitrogen and oxygen atoms in total. The number of aryl methyl sites for hydroxylation is 1. The molecule has 0 bridgehead atoms. The molecule has 2 heterocycles. The molecule has 1 aromatic heterocycles. The fourth-order valence-corrected chi connectivity index (χ4v) is 2.88. The molecule has 5 heteroatoms. The summed E-state index contributed by atoms with van der Waals surface area (Å²) in [5.74, 6) is 0.853. The molecule has 0 radical (unpaired) electrons. The first-order valence-electron chi connectivity index (χ1n) is 6.65. The molecule has 1 aliphatic rings. The maximum absolute atomic E-state index is 5.84. The van der Waals surface area contributed by atoms with Crippen LogP contribution in [0.1, 0.15) is 30.7 Å². The molecule has 1 saturated heterocycles. The van der Waals surface area contributed by atoms with Gasteiger partial charge in [0.05, 0.1) is 23.8 Å². The van der Waals surface area contributed by atoms with Crippen LogP contribution in [0.3, 0.4) is 0 Å². The Morgan fingerprint density at radius 2 is 2.32 bits per heavy atom. The predicted octanol–water partition coefficient (Wildman–Crippen LogP) is 2.04. The molecule has 104 valence electrons. The highest BCUT2D eigenvalue weighted by atomic mass is 32.1. The van der Waals surface area contributed by atoms with E-state index in [4.69, 9.17) is 22.7 Å². The molecule has 1 aromatic rings. The van der Waals surface area contributed by atoms with E-state index < -0.39 is 0 Å². The molecular weight excluding hydrogens is 258 g/mol. The molecule has 1 atom stereocenters. The van der Waals surface area contributed by atoms with Gasteiger partial charge in [0.25, 0.3) is 0 Å². The van der Waals surface area contributed by atoms with Crippen LogP contribution in [-0.4, -0.2) is 34.6 Å². The van der Waals surface area contributed by atoms with E-state index in [1.807, 2.05) is 19.1 Å². The van der Waals surface area contributed by atoms with Crippen molar-refractivity contribution in [1.29, 1.82) is 0 Å². The van der Waals surface area contributed by atoms with Crippen LogP contribution in [0.5, 0.6) is 5.75 Å². The molecule has 2 rings (SSSR count). The van der Waals surface area contributed by atoms with E-state index in [0.29, 0.717) is 4.99 Å². The number of ether oxygens (including phenoxy) is 1. The maximum Gasteiger partial charge on any atom is 0.122 e. The summed E-state index contributed by atoms with van der Waals surface area (Å²) in [5.41, 5.74) is 7.83. The monoisotopic (exact) mass is 279 g/mol. The van der Waals surface area contributed by atoms with Gasteiger partial charge >= 0.3 is 0 Å². The maximum atomic E-state index is 5.84. The van der Waals surface area contributed by atoms with E-state index in [9.17, 15) is 0 Å². The number of pyridine rings is 1. The van der Waals surface area contributed by atoms with Gasteiger partial charge in [-0.1, -0.05) is 18.6 Å². The summed E-state index contributed by atoms with van der Waals surface area (Å²) >= 11 is 5.17. The van der Waals surface area contributed by atoms with Gasteiger partial charge in [0, 0.05) is 24.4 Å². The van der Waals surface area contributed by atoms with Crippen LogP contribution in [-0.2, 0) is 6.54 Å². The fourth-order valence-electron chi connectivity index (χ4n) is 2.61. The minimum absolute atomic E-state index is 0.206. The zero-order chi connectivity index (χ0) is 13.8. The number of nitrogens with zero attached hydrogens (tertiary/aromatic N) is 2. The average Bonchev–Trinajstić information content (AvgIpc) is 2.38. The fraction of sp³-hybridized carbons (Fsp3) is 0.571. The summed E-state index contributed by atoms with van der Waals surface area (Å²) in [4.78, 5) is 7.49. The van der Waals surface area contributed by atoms with Crippen molar-refractivity contribution in [2.45, 2.75) is 38.8 Å². The van der Waals surface area contributed by atoms with Crippen molar-refractivity contribution in [3.63, 3.8) is 0 Å². The second-order valence-corrected chi connectivity index (χ2v) is 5.50. The van der Waals surface area contributed by atoms with E-state index in [-0.39, 0.29) is 6.04 Å². The van der Waals surface area contributed by atoms with Gasteiger partial charge < -0.3 is 10.5 Å². The second kappa shape index (κ2) is 6.30. The lowest BCUT2D eigenvalue weighted by Crippen LogP contribution is -2.46. The Hall–Kier alpha value is -1.20. The van der Waals surface area contributed by atoms with Crippen LogP contribution >= 0.6 is 12.2 Å². The molecule has 2 N–H and O–H groups in total. The molecule has 0 aliphatic carbocycles. The highest BCUT2D eigenvalue weighted by molar-refractivity contribution is 7.80. The van der Waals surface area contributed by atoms with Crippen LogP contribution in [0.4, 0.5) is 0 Å². The second-order valence-electron chi connectivity index (χ2n) is 5.02. The van der Waals surface area contributed by atoms with Gasteiger partial charge in [-0.3, -0.25) is 9.88 Å². The first-order valence-corrected chi connectivity index (χ1v) is 7.06. The van der Waals surface area contributed by atoms with E-state index >= 15 is 0 Å². The van der Waals surface area contributed by atoms with Crippen LogP contribution in [0, 0.1) is 6.92 Å². The number of aromatic nitrogens is 1. The number of hydrogen-bond donors (Lipinski definition) is 1. The van der Waals surface area contributed by atoms with Crippen molar-refractivity contribution in [2.75, 3.05) is 13.7 Å². The van der Waals surface area contributed by atoms with Crippen molar-refractivity contribution in [2.24, 2.45) is 5.73 Å². The lowest BCUT2D eigenvalue weighted by atomic mass is 10.0. The number of thiocarbonyl (C=S) groups is 1. The van der Waals surface area contributed by atoms with Gasteiger partial charge in [-0.2, -0.15) is 0 Å². The Morgan fingerprint density at radius 1 is 1.53 bits per heavy atom. The Labute approximate surface area is 120 Å². The van der Waals surface area contributed by atoms with Crippen molar-refractivity contribution >= 4 is 17.2 Å². The number of nitrogens with two attached hydrogens (primary N) is 1. The number of methoxy groups -OCH3 is 1. The molecular formula is C14H21N3OS. The lowest BCUT2D eigenvalue weighted by Gasteiger charge is -2.34. The molecule has 0 saturated carbocycles. The topological polar surface area (TPSA) is 51.4 Å². The van der Waals surface area contributed by atoms with Crippen molar-refractivity contribution in [1.82, 2.24) is 9.88 Å². The number of hydrogen-bond acceptors (Lipinski definition) is 4. The van der Waals surface area contributed by atoms with E-state index in [2.05, 4.69) is 9.88 Å². The van der Waals surface area contributed by atoms with Crippen molar-refractivity contribution < 1.29 is 4.74 Å². The highest BCUT2D eigenvalue weighted by Crippen LogP contribution is 2.21. The van der Waals surface area contributed by atoms with Crippen LogP contribution < -0.4 is 10.5 Å². The Balaban J connectivity index is 2.14. The van der Waals surface area contributed by atoms with Crippen LogP contribution in [0.25, 0.3) is 0 Å². The number of likely N-dealkylation sites (tertiary alicyclic amines) is 1. The summed E-state index contributed by atoms with van der Waals surface area (Å²) in [6.07, 6.45) is 3.45. The third-order valence-electron chi connectivity index (χ3n) is 3.52. The standard InChI is InChI=1S/C14H21N3OS/c1-10-7-12(18-2)8-11(16-10)9-17-6-4-3-5-13(17)14(15)19/h7-8,13H,3-6,9H2,1-2H3,(H2,15,19). The van der Waals surface area contributed by atoms with E-state index in [0.717, 1.165) is 36.6 Å². The first kappa shape index (κ1) is 14.2. The summed E-state index contributed by atoms with van der Waals surface area (Å²) in [5, 5.41) is 0. The molecule has 0 aromatic carbocycles. The Kier molecular flexibility index (Phi) is 4.71. The van der Waals surface area contributed by atoms with Crippen molar-refractivity contribution in [3.05, 3.63) is 23.5 Å². The van der Waals surface area contributed by atoms with Gasteiger partial charge in [-0.15, -0.1) is 0 Å². The summed E-state index contributed by atoms with van der Waals surface area (Å²) in [7, 11) is 1.68.